The van der Waals surface area contributed by atoms with Crippen LogP contribution in [0.15, 0.2) is 82.2 Å². The molecule has 0 bridgehead atoms. The first kappa shape index (κ1) is 20.4. The van der Waals surface area contributed by atoms with Gasteiger partial charge in [0.2, 0.25) is 0 Å². The minimum Gasteiger partial charge on any atom is -0.497 e. The van der Waals surface area contributed by atoms with Crippen molar-refractivity contribution in [2.24, 2.45) is 4.99 Å². The molecule has 0 radical (unpaired) electrons. The number of nitrogens with zero attached hydrogens (tertiary/aromatic N) is 1. The second-order valence-electron chi connectivity index (χ2n) is 7.03. The Morgan fingerprint density at radius 3 is 2.45 bits per heavy atom. The van der Waals surface area contributed by atoms with E-state index in [0.29, 0.717) is 29.2 Å². The fraction of sp³-hybridized carbons (Fsp3) is 0.154. The van der Waals surface area contributed by atoms with Crippen molar-refractivity contribution in [3.05, 3.63) is 83.7 Å². The second-order valence-corrected chi connectivity index (χ2v) is 7.03. The first-order valence-corrected chi connectivity index (χ1v) is 10.1. The van der Waals surface area contributed by atoms with E-state index in [-0.39, 0.29) is 5.78 Å². The van der Waals surface area contributed by atoms with Gasteiger partial charge in [0.05, 0.1) is 24.8 Å². The fourth-order valence-corrected chi connectivity index (χ4v) is 3.33. The Kier molecular flexibility index (Phi) is 5.85. The molecule has 0 aliphatic rings. The van der Waals surface area contributed by atoms with Crippen LogP contribution in [0.5, 0.6) is 11.5 Å². The van der Waals surface area contributed by atoms with Crippen LogP contribution in [0.25, 0.3) is 22.3 Å². The average Bonchev–Trinajstić information content (AvgIpc) is 2.79. The van der Waals surface area contributed by atoms with E-state index in [1.807, 2.05) is 67.6 Å². The molecule has 0 saturated carbocycles. The number of hydrogen-bond donors (Lipinski definition) is 0. The van der Waals surface area contributed by atoms with E-state index in [9.17, 15) is 4.79 Å². The van der Waals surface area contributed by atoms with Crippen LogP contribution < -0.4 is 14.8 Å². The van der Waals surface area contributed by atoms with Crippen molar-refractivity contribution in [1.82, 2.24) is 0 Å². The zero-order chi connectivity index (χ0) is 21.8. The number of fused-ring (bicyclic) bond motifs is 1. The summed E-state index contributed by atoms with van der Waals surface area (Å²) in [5.41, 5.74) is 2.92. The molecule has 1 aromatic heterocycles. The van der Waals surface area contributed by atoms with Crippen molar-refractivity contribution >= 4 is 22.4 Å². The summed E-state index contributed by atoms with van der Waals surface area (Å²) in [7, 11) is 1.64. The molecule has 0 aliphatic carbocycles. The third kappa shape index (κ3) is 4.51. The van der Waals surface area contributed by atoms with Gasteiger partial charge in [-0.15, -0.1) is 0 Å². The number of carbonyl (C=O) groups is 1. The van der Waals surface area contributed by atoms with E-state index in [4.69, 9.17) is 18.9 Å². The van der Waals surface area contributed by atoms with Crippen LogP contribution >= 0.6 is 0 Å². The lowest BCUT2D eigenvalue weighted by molar-refractivity contribution is 0.101. The Balaban J connectivity index is 1.93. The molecule has 0 spiro atoms. The molecule has 0 unspecified atom stereocenters. The van der Waals surface area contributed by atoms with Gasteiger partial charge in [-0.1, -0.05) is 12.1 Å². The van der Waals surface area contributed by atoms with Gasteiger partial charge in [0.1, 0.15) is 22.8 Å². The molecule has 0 aliphatic heterocycles. The molecule has 0 N–H and O–H groups in total. The molecule has 4 rings (SSSR count). The van der Waals surface area contributed by atoms with E-state index < -0.39 is 0 Å². The maximum Gasteiger partial charge on any atom is 0.159 e. The van der Waals surface area contributed by atoms with Gasteiger partial charge >= 0.3 is 0 Å². The summed E-state index contributed by atoms with van der Waals surface area (Å²) in [6.45, 7) is 4.06. The third-order valence-electron chi connectivity index (χ3n) is 4.90. The molecule has 3 aromatic carbocycles. The first-order chi connectivity index (χ1) is 15.1. The maximum absolute atomic E-state index is 11.8. The topological polar surface area (TPSA) is 61.0 Å². The Hall–Kier alpha value is -3.86. The summed E-state index contributed by atoms with van der Waals surface area (Å²) >= 11 is 0. The molecule has 31 heavy (non-hydrogen) atoms. The van der Waals surface area contributed by atoms with Crippen LogP contribution in [-0.4, -0.2) is 19.5 Å². The van der Waals surface area contributed by atoms with Crippen LogP contribution in [-0.2, 0) is 0 Å². The Labute approximate surface area is 180 Å². The molecule has 5 nitrogen and oxygen atoms in total. The van der Waals surface area contributed by atoms with E-state index >= 15 is 0 Å². The smallest absolute Gasteiger partial charge is 0.159 e. The van der Waals surface area contributed by atoms with Crippen LogP contribution in [0, 0.1) is 0 Å². The molecule has 5 heteroatoms. The minimum absolute atomic E-state index is 0.00234. The Morgan fingerprint density at radius 2 is 1.74 bits per heavy atom. The lowest BCUT2D eigenvalue weighted by Gasteiger charge is -2.08. The summed E-state index contributed by atoms with van der Waals surface area (Å²) in [6, 6.07) is 22.5. The van der Waals surface area contributed by atoms with Gasteiger partial charge in [-0.3, -0.25) is 4.79 Å². The number of ether oxygens (including phenoxy) is 2. The molecule has 156 valence electrons. The van der Waals surface area contributed by atoms with Gasteiger partial charge in [0.25, 0.3) is 0 Å². The summed E-state index contributed by atoms with van der Waals surface area (Å²) in [4.78, 5) is 16.6. The summed E-state index contributed by atoms with van der Waals surface area (Å²) in [5, 5.41) is 1.56. The fourth-order valence-electron chi connectivity index (χ4n) is 3.33. The SMILES string of the molecule is CCOc1ccc2oc(-c3ccc(OC)cc3)cc(=Nc3cccc(C(C)=O)c3)c2c1. The largest absolute Gasteiger partial charge is 0.497 e. The number of benzene rings is 3. The quantitative estimate of drug-likeness (QED) is 0.367. The van der Waals surface area contributed by atoms with Crippen LogP contribution in [0.4, 0.5) is 5.69 Å². The van der Waals surface area contributed by atoms with Crippen molar-refractivity contribution in [1.29, 1.82) is 0 Å². The van der Waals surface area contributed by atoms with E-state index in [1.54, 1.807) is 26.2 Å². The first-order valence-electron chi connectivity index (χ1n) is 10.1. The molecular formula is C26H23NO4. The predicted molar refractivity (Wildman–Crippen MR) is 121 cm³/mol. The number of Topliss-reactive ketones (excluding diaryl/α,β-unsaturated/α-hetero) is 1. The van der Waals surface area contributed by atoms with E-state index in [0.717, 1.165) is 27.8 Å². The van der Waals surface area contributed by atoms with Gasteiger partial charge in [0, 0.05) is 22.6 Å². The number of rotatable bonds is 6. The molecular weight excluding hydrogens is 390 g/mol. The van der Waals surface area contributed by atoms with Gasteiger partial charge < -0.3 is 13.9 Å². The van der Waals surface area contributed by atoms with Crippen molar-refractivity contribution < 1.29 is 18.7 Å². The lowest BCUT2D eigenvalue weighted by atomic mass is 10.1. The maximum atomic E-state index is 11.8. The monoisotopic (exact) mass is 413 g/mol. The average molecular weight is 413 g/mol. The highest BCUT2D eigenvalue weighted by Gasteiger charge is 2.09. The highest BCUT2D eigenvalue weighted by Crippen LogP contribution is 2.27. The highest BCUT2D eigenvalue weighted by atomic mass is 16.5. The zero-order valence-corrected chi connectivity index (χ0v) is 17.7. The standard InChI is InChI=1S/C26H23NO4/c1-4-30-22-12-13-25-23(15-22)24(27-20-7-5-6-19(14-20)17(2)28)16-26(31-25)18-8-10-21(29-3)11-9-18/h5-16H,4H2,1-3H3. The van der Waals surface area contributed by atoms with Gasteiger partial charge in [-0.25, -0.2) is 4.99 Å². The predicted octanol–water partition coefficient (Wildman–Crippen LogP) is 5.94. The third-order valence-corrected chi connectivity index (χ3v) is 4.90. The molecule has 1 heterocycles. The summed E-state index contributed by atoms with van der Waals surface area (Å²) in [6.07, 6.45) is 0. The van der Waals surface area contributed by atoms with E-state index in [2.05, 4.69) is 0 Å². The van der Waals surface area contributed by atoms with Crippen molar-refractivity contribution in [3.63, 3.8) is 0 Å². The number of carbonyl (C=O) groups excluding carboxylic acids is 1. The van der Waals surface area contributed by atoms with Crippen molar-refractivity contribution in [2.75, 3.05) is 13.7 Å². The van der Waals surface area contributed by atoms with Crippen molar-refractivity contribution in [3.8, 4) is 22.8 Å². The summed E-state index contributed by atoms with van der Waals surface area (Å²) in [5.74, 6) is 2.21. The number of ketones is 1. The minimum atomic E-state index is 0.00234. The molecule has 0 fully saturated rings. The van der Waals surface area contributed by atoms with Crippen LogP contribution in [0.2, 0.25) is 0 Å². The zero-order valence-electron chi connectivity index (χ0n) is 17.7. The van der Waals surface area contributed by atoms with E-state index in [1.165, 1.54) is 0 Å². The number of methoxy groups -OCH3 is 1. The Morgan fingerprint density at radius 1 is 0.968 bits per heavy atom. The number of hydrogen-bond acceptors (Lipinski definition) is 5. The second kappa shape index (κ2) is 8.88. The molecule has 0 amide bonds. The lowest BCUT2D eigenvalue weighted by Crippen LogP contribution is -2.04. The van der Waals surface area contributed by atoms with Gasteiger partial charge in [-0.05, 0) is 68.4 Å². The van der Waals surface area contributed by atoms with Gasteiger partial charge in [0.15, 0.2) is 5.78 Å². The molecule has 4 aromatic rings. The molecule has 0 atom stereocenters. The summed E-state index contributed by atoms with van der Waals surface area (Å²) < 4.78 is 17.1. The van der Waals surface area contributed by atoms with Crippen molar-refractivity contribution in [2.45, 2.75) is 13.8 Å². The normalized spacial score (nSPS) is 11.5. The highest BCUT2D eigenvalue weighted by molar-refractivity contribution is 5.94. The van der Waals surface area contributed by atoms with Gasteiger partial charge in [-0.2, -0.15) is 0 Å². The Bertz CT molecular complexity index is 1300. The molecule has 0 saturated heterocycles. The van der Waals surface area contributed by atoms with Crippen LogP contribution in [0.1, 0.15) is 24.2 Å². The van der Waals surface area contributed by atoms with Crippen LogP contribution in [0.3, 0.4) is 0 Å².